The highest BCUT2D eigenvalue weighted by Gasteiger charge is 2.15. The Kier molecular flexibility index (Phi) is 4.97. The van der Waals surface area contributed by atoms with Crippen LogP contribution in [0.4, 0.5) is 4.39 Å². The highest BCUT2D eigenvalue weighted by atomic mass is 19.1. The first-order valence-corrected chi connectivity index (χ1v) is 5.99. The van der Waals surface area contributed by atoms with Crippen molar-refractivity contribution in [3.8, 4) is 0 Å². The molecule has 0 aromatic carbocycles. The quantitative estimate of drug-likeness (QED) is 0.807. The lowest BCUT2D eigenvalue weighted by Crippen LogP contribution is -2.42. The van der Waals surface area contributed by atoms with Crippen LogP contribution in [0, 0.1) is 5.95 Å². The maximum absolute atomic E-state index is 13.2. The highest BCUT2D eigenvalue weighted by Crippen LogP contribution is 2.02. The molecule has 19 heavy (non-hydrogen) atoms. The number of hydrogen-bond acceptors (Lipinski definition) is 3. The molecule has 5 nitrogen and oxygen atoms in total. The number of aromatic nitrogens is 1. The molecular formula is C13H18FN3O2. The standard InChI is InChI=1S/C13H18FN3O2/c1-13(2,3)17-10(18)6-8-16-12(19)9-5-4-7-15-11(9)14/h4-5,7H,6,8H2,1-3H3,(H,16,19)(H,17,18). The van der Waals surface area contributed by atoms with E-state index in [0.29, 0.717) is 0 Å². The number of hydrogen-bond donors (Lipinski definition) is 2. The van der Waals surface area contributed by atoms with Gasteiger partial charge in [0.1, 0.15) is 0 Å². The van der Waals surface area contributed by atoms with Crippen LogP contribution >= 0.6 is 0 Å². The van der Waals surface area contributed by atoms with E-state index in [9.17, 15) is 14.0 Å². The van der Waals surface area contributed by atoms with Crippen molar-refractivity contribution in [2.75, 3.05) is 6.54 Å². The van der Waals surface area contributed by atoms with Crippen LogP contribution < -0.4 is 10.6 Å². The maximum atomic E-state index is 13.2. The van der Waals surface area contributed by atoms with E-state index >= 15 is 0 Å². The smallest absolute Gasteiger partial charge is 0.255 e. The van der Waals surface area contributed by atoms with Crippen molar-refractivity contribution in [3.05, 3.63) is 29.8 Å². The molecule has 0 aliphatic carbocycles. The molecule has 0 aliphatic rings. The fourth-order valence-electron chi connectivity index (χ4n) is 1.42. The average Bonchev–Trinajstić information content (AvgIpc) is 2.26. The number of amides is 2. The van der Waals surface area contributed by atoms with Crippen LogP contribution in [0.25, 0.3) is 0 Å². The van der Waals surface area contributed by atoms with E-state index in [1.54, 1.807) is 0 Å². The van der Waals surface area contributed by atoms with Crippen molar-refractivity contribution in [1.29, 1.82) is 0 Å². The van der Waals surface area contributed by atoms with Crippen molar-refractivity contribution in [2.45, 2.75) is 32.7 Å². The van der Waals surface area contributed by atoms with Gasteiger partial charge in [-0.05, 0) is 32.9 Å². The van der Waals surface area contributed by atoms with Gasteiger partial charge in [0.05, 0.1) is 5.56 Å². The first kappa shape index (κ1) is 15.1. The van der Waals surface area contributed by atoms with Crippen LogP contribution in [-0.4, -0.2) is 28.9 Å². The van der Waals surface area contributed by atoms with Gasteiger partial charge >= 0.3 is 0 Å². The van der Waals surface area contributed by atoms with E-state index in [4.69, 9.17) is 0 Å². The van der Waals surface area contributed by atoms with Crippen molar-refractivity contribution >= 4 is 11.8 Å². The van der Waals surface area contributed by atoms with Crippen molar-refractivity contribution in [2.24, 2.45) is 0 Å². The summed E-state index contributed by atoms with van der Waals surface area (Å²) in [5.41, 5.74) is -0.435. The van der Waals surface area contributed by atoms with Crippen LogP contribution in [0.15, 0.2) is 18.3 Å². The lowest BCUT2D eigenvalue weighted by Gasteiger charge is -2.20. The Morgan fingerprint density at radius 1 is 1.37 bits per heavy atom. The van der Waals surface area contributed by atoms with Gasteiger partial charge in [0.15, 0.2) is 0 Å². The molecular weight excluding hydrogens is 249 g/mol. The second-order valence-electron chi connectivity index (χ2n) is 5.15. The summed E-state index contributed by atoms with van der Waals surface area (Å²) in [6, 6.07) is 2.82. The molecule has 104 valence electrons. The molecule has 0 bridgehead atoms. The molecule has 0 aliphatic heterocycles. The molecule has 0 saturated carbocycles. The monoisotopic (exact) mass is 267 g/mol. The van der Waals surface area contributed by atoms with Crippen molar-refractivity contribution < 1.29 is 14.0 Å². The van der Waals surface area contributed by atoms with Crippen LogP contribution in [0.1, 0.15) is 37.6 Å². The maximum Gasteiger partial charge on any atom is 0.255 e. The molecule has 2 amide bonds. The third-order valence-electron chi connectivity index (χ3n) is 2.16. The predicted octanol–water partition coefficient (Wildman–Crippen LogP) is 1.26. The topological polar surface area (TPSA) is 71.1 Å². The molecule has 1 aromatic heterocycles. The fourth-order valence-corrected chi connectivity index (χ4v) is 1.42. The van der Waals surface area contributed by atoms with Gasteiger partial charge in [-0.3, -0.25) is 9.59 Å². The first-order chi connectivity index (χ1) is 8.79. The van der Waals surface area contributed by atoms with E-state index in [2.05, 4.69) is 15.6 Å². The summed E-state index contributed by atoms with van der Waals surface area (Å²) in [4.78, 5) is 26.5. The van der Waals surface area contributed by atoms with Gasteiger partial charge < -0.3 is 10.6 Å². The Labute approximate surface area is 111 Å². The molecule has 0 atom stereocenters. The van der Waals surface area contributed by atoms with E-state index in [0.717, 1.165) is 0 Å². The minimum absolute atomic E-state index is 0.126. The molecule has 0 unspecified atom stereocenters. The number of carbonyl (C=O) groups is 2. The Hall–Kier alpha value is -1.98. The lowest BCUT2D eigenvalue weighted by molar-refractivity contribution is -0.122. The van der Waals surface area contributed by atoms with E-state index in [1.807, 2.05) is 20.8 Å². The third-order valence-corrected chi connectivity index (χ3v) is 2.16. The summed E-state index contributed by atoms with van der Waals surface area (Å²) < 4.78 is 13.2. The van der Waals surface area contributed by atoms with Crippen molar-refractivity contribution in [1.82, 2.24) is 15.6 Å². The molecule has 0 spiro atoms. The number of halogens is 1. The van der Waals surface area contributed by atoms with Crippen molar-refractivity contribution in [3.63, 3.8) is 0 Å². The predicted molar refractivity (Wildman–Crippen MR) is 69.0 cm³/mol. The van der Waals surface area contributed by atoms with Gasteiger partial charge in [0.25, 0.3) is 5.91 Å². The summed E-state index contributed by atoms with van der Waals surface area (Å²) >= 11 is 0. The summed E-state index contributed by atoms with van der Waals surface area (Å²) in [5.74, 6) is -1.56. The zero-order valence-corrected chi connectivity index (χ0v) is 11.3. The second-order valence-corrected chi connectivity index (χ2v) is 5.15. The first-order valence-electron chi connectivity index (χ1n) is 5.99. The number of carbonyl (C=O) groups excluding carboxylic acids is 2. The summed E-state index contributed by atoms with van der Waals surface area (Å²) in [6.45, 7) is 5.76. The van der Waals surface area contributed by atoms with E-state index < -0.39 is 11.9 Å². The van der Waals surface area contributed by atoms with Gasteiger partial charge in [-0.15, -0.1) is 0 Å². The zero-order chi connectivity index (χ0) is 14.5. The van der Waals surface area contributed by atoms with Crippen LogP contribution in [-0.2, 0) is 4.79 Å². The van der Waals surface area contributed by atoms with Crippen LogP contribution in [0.3, 0.4) is 0 Å². The van der Waals surface area contributed by atoms with Gasteiger partial charge in [0.2, 0.25) is 11.9 Å². The van der Waals surface area contributed by atoms with E-state index in [-0.39, 0.29) is 30.0 Å². The molecule has 2 N–H and O–H groups in total. The Morgan fingerprint density at radius 3 is 2.63 bits per heavy atom. The largest absolute Gasteiger partial charge is 0.351 e. The Balaban J connectivity index is 2.40. The Morgan fingerprint density at radius 2 is 2.05 bits per heavy atom. The summed E-state index contributed by atoms with van der Waals surface area (Å²) in [6.07, 6.45) is 1.41. The Bertz CT molecular complexity index is 469. The second kappa shape index (κ2) is 6.26. The summed E-state index contributed by atoms with van der Waals surface area (Å²) in [7, 11) is 0. The van der Waals surface area contributed by atoms with Gasteiger partial charge in [-0.2, -0.15) is 4.39 Å². The van der Waals surface area contributed by atoms with Gasteiger partial charge in [0, 0.05) is 24.7 Å². The SMILES string of the molecule is CC(C)(C)NC(=O)CCNC(=O)c1cccnc1F. The van der Waals surface area contributed by atoms with Crippen LogP contribution in [0.2, 0.25) is 0 Å². The van der Waals surface area contributed by atoms with Crippen LogP contribution in [0.5, 0.6) is 0 Å². The number of nitrogens with zero attached hydrogens (tertiary/aromatic N) is 1. The number of pyridine rings is 1. The number of rotatable bonds is 4. The molecule has 1 aromatic rings. The highest BCUT2D eigenvalue weighted by molar-refractivity contribution is 5.94. The normalized spacial score (nSPS) is 10.9. The molecule has 1 heterocycles. The number of nitrogens with one attached hydrogen (secondary N) is 2. The minimum Gasteiger partial charge on any atom is -0.351 e. The third kappa shape index (κ3) is 5.46. The zero-order valence-electron chi connectivity index (χ0n) is 11.3. The van der Waals surface area contributed by atoms with Gasteiger partial charge in [-0.25, -0.2) is 4.98 Å². The summed E-state index contributed by atoms with van der Waals surface area (Å²) in [5, 5.41) is 5.24. The molecule has 6 heteroatoms. The average molecular weight is 267 g/mol. The molecule has 0 fully saturated rings. The molecule has 0 saturated heterocycles. The molecule has 0 radical (unpaired) electrons. The van der Waals surface area contributed by atoms with Gasteiger partial charge in [-0.1, -0.05) is 0 Å². The lowest BCUT2D eigenvalue weighted by atomic mass is 10.1. The molecule has 1 rings (SSSR count). The minimum atomic E-state index is -0.820. The fraction of sp³-hybridized carbons (Fsp3) is 0.462. The van der Waals surface area contributed by atoms with E-state index in [1.165, 1.54) is 18.3 Å².